The molecule has 1 unspecified atom stereocenters. The van der Waals surface area contributed by atoms with E-state index < -0.39 is 10.0 Å². The van der Waals surface area contributed by atoms with Crippen molar-refractivity contribution in [2.75, 3.05) is 26.2 Å². The number of rotatable bonds is 2. The van der Waals surface area contributed by atoms with E-state index in [9.17, 15) is 8.42 Å². The van der Waals surface area contributed by atoms with E-state index >= 15 is 0 Å². The second-order valence-electron chi connectivity index (χ2n) is 7.25. The molecular formula is C18H22N2O2S2. The highest BCUT2D eigenvalue weighted by Gasteiger charge is 2.42. The van der Waals surface area contributed by atoms with Crippen LogP contribution in [0.15, 0.2) is 46.0 Å². The van der Waals surface area contributed by atoms with Crippen molar-refractivity contribution in [3.8, 4) is 0 Å². The second-order valence-corrected chi connectivity index (χ2v) is 10.4. The first-order valence-corrected chi connectivity index (χ1v) is 10.6. The first-order valence-electron chi connectivity index (χ1n) is 8.27. The van der Waals surface area contributed by atoms with Gasteiger partial charge < -0.3 is 0 Å². The van der Waals surface area contributed by atoms with Crippen LogP contribution in [0, 0.1) is 0 Å². The van der Waals surface area contributed by atoms with Crippen LogP contribution in [0.1, 0.15) is 31.0 Å². The number of thiophene rings is 1. The van der Waals surface area contributed by atoms with E-state index in [0.717, 1.165) is 13.1 Å². The Bertz CT molecular complexity index is 844. The summed E-state index contributed by atoms with van der Waals surface area (Å²) in [6.07, 6.45) is 0. The molecule has 4 rings (SSSR count). The van der Waals surface area contributed by atoms with Crippen LogP contribution in [0.2, 0.25) is 0 Å². The molecule has 24 heavy (non-hydrogen) atoms. The van der Waals surface area contributed by atoms with Gasteiger partial charge >= 0.3 is 0 Å². The third kappa shape index (κ3) is 2.52. The largest absolute Gasteiger partial charge is 0.293 e. The van der Waals surface area contributed by atoms with Crippen LogP contribution < -0.4 is 0 Å². The SMILES string of the molecule is CC1(C)CN2CCN(S(=O)(=O)c3cccs3)CC2c2ccccc21. The lowest BCUT2D eigenvalue weighted by Gasteiger charge is -2.49. The molecule has 3 heterocycles. The Morgan fingerprint density at radius 2 is 1.92 bits per heavy atom. The van der Waals surface area contributed by atoms with Gasteiger partial charge in [-0.2, -0.15) is 4.31 Å². The van der Waals surface area contributed by atoms with Crippen LogP contribution >= 0.6 is 11.3 Å². The summed E-state index contributed by atoms with van der Waals surface area (Å²) in [5, 5.41) is 1.82. The molecular weight excluding hydrogens is 340 g/mol. The fraction of sp³-hybridized carbons (Fsp3) is 0.444. The maximum Gasteiger partial charge on any atom is 0.252 e. The van der Waals surface area contributed by atoms with Gasteiger partial charge in [0, 0.05) is 37.6 Å². The lowest BCUT2D eigenvalue weighted by molar-refractivity contribution is 0.0808. The minimum atomic E-state index is -3.38. The van der Waals surface area contributed by atoms with Gasteiger partial charge in [-0.05, 0) is 22.6 Å². The zero-order chi connectivity index (χ0) is 16.9. The quantitative estimate of drug-likeness (QED) is 0.824. The summed E-state index contributed by atoms with van der Waals surface area (Å²) in [7, 11) is -3.38. The third-order valence-electron chi connectivity index (χ3n) is 5.19. The number of hydrogen-bond acceptors (Lipinski definition) is 4. The molecule has 1 aromatic carbocycles. The molecule has 0 amide bonds. The molecule has 2 aliphatic heterocycles. The molecule has 128 valence electrons. The van der Waals surface area contributed by atoms with Gasteiger partial charge in [0.15, 0.2) is 0 Å². The monoisotopic (exact) mass is 362 g/mol. The maximum atomic E-state index is 12.9. The average molecular weight is 363 g/mol. The number of sulfonamides is 1. The summed E-state index contributed by atoms with van der Waals surface area (Å²) in [4.78, 5) is 2.45. The lowest BCUT2D eigenvalue weighted by Crippen LogP contribution is -2.55. The van der Waals surface area contributed by atoms with Gasteiger partial charge in [-0.25, -0.2) is 8.42 Å². The molecule has 0 aliphatic carbocycles. The van der Waals surface area contributed by atoms with Gasteiger partial charge in [0.25, 0.3) is 10.0 Å². The first-order chi connectivity index (χ1) is 11.4. The Morgan fingerprint density at radius 1 is 1.12 bits per heavy atom. The zero-order valence-electron chi connectivity index (χ0n) is 14.0. The Hall–Kier alpha value is -1.21. The molecule has 2 aromatic rings. The van der Waals surface area contributed by atoms with Crippen molar-refractivity contribution in [1.82, 2.24) is 9.21 Å². The molecule has 0 spiro atoms. The Morgan fingerprint density at radius 3 is 2.67 bits per heavy atom. The van der Waals surface area contributed by atoms with Gasteiger partial charge in [0.2, 0.25) is 0 Å². The van der Waals surface area contributed by atoms with Crippen LogP contribution in [0.5, 0.6) is 0 Å². The standard InChI is InChI=1S/C18H22N2O2S2/c1-18(2)13-19-9-10-20(24(21,22)17-8-5-11-23-17)12-16(19)14-6-3-4-7-15(14)18/h3-8,11,16H,9-10,12-13H2,1-2H3. The summed E-state index contributed by atoms with van der Waals surface area (Å²) >= 11 is 1.30. The van der Waals surface area contributed by atoms with Crippen molar-refractivity contribution < 1.29 is 8.42 Å². The van der Waals surface area contributed by atoms with Crippen LogP contribution in [0.4, 0.5) is 0 Å². The normalized spacial score (nSPS) is 24.3. The molecule has 0 bridgehead atoms. The molecule has 0 radical (unpaired) electrons. The average Bonchev–Trinajstić information content (AvgIpc) is 3.09. The molecule has 1 fully saturated rings. The lowest BCUT2D eigenvalue weighted by atomic mass is 9.75. The summed E-state index contributed by atoms with van der Waals surface area (Å²) in [6.45, 7) is 7.41. The van der Waals surface area contributed by atoms with Gasteiger partial charge in [0.1, 0.15) is 4.21 Å². The molecule has 2 aliphatic rings. The Labute approximate surface area is 147 Å². The predicted molar refractivity (Wildman–Crippen MR) is 96.9 cm³/mol. The van der Waals surface area contributed by atoms with Crippen molar-refractivity contribution in [2.45, 2.75) is 29.5 Å². The first kappa shape index (κ1) is 16.3. The molecule has 1 saturated heterocycles. The number of benzene rings is 1. The van der Waals surface area contributed by atoms with Crippen molar-refractivity contribution >= 4 is 21.4 Å². The van der Waals surface area contributed by atoms with Crippen molar-refractivity contribution in [3.05, 3.63) is 52.9 Å². The van der Waals surface area contributed by atoms with E-state index in [4.69, 9.17) is 0 Å². The number of piperazine rings is 1. The molecule has 4 nitrogen and oxygen atoms in total. The Balaban J connectivity index is 1.70. The maximum absolute atomic E-state index is 12.9. The minimum absolute atomic E-state index is 0.0991. The van der Waals surface area contributed by atoms with Crippen LogP contribution in [-0.2, 0) is 15.4 Å². The van der Waals surface area contributed by atoms with Crippen molar-refractivity contribution in [1.29, 1.82) is 0 Å². The van der Waals surface area contributed by atoms with Crippen LogP contribution in [0.25, 0.3) is 0 Å². The summed E-state index contributed by atoms with van der Waals surface area (Å²) in [5.41, 5.74) is 2.73. The van der Waals surface area contributed by atoms with Gasteiger partial charge in [0.05, 0.1) is 0 Å². The number of fused-ring (bicyclic) bond motifs is 3. The molecule has 1 atom stereocenters. The topological polar surface area (TPSA) is 40.6 Å². The molecule has 1 aromatic heterocycles. The van der Waals surface area contributed by atoms with E-state index in [1.165, 1.54) is 22.5 Å². The van der Waals surface area contributed by atoms with Gasteiger partial charge in [-0.1, -0.05) is 44.2 Å². The second kappa shape index (κ2) is 5.66. The minimum Gasteiger partial charge on any atom is -0.293 e. The smallest absolute Gasteiger partial charge is 0.252 e. The van der Waals surface area contributed by atoms with E-state index in [1.54, 1.807) is 16.4 Å². The van der Waals surface area contributed by atoms with E-state index in [0.29, 0.717) is 17.3 Å². The molecule has 0 N–H and O–H groups in total. The zero-order valence-corrected chi connectivity index (χ0v) is 15.6. The third-order valence-corrected chi connectivity index (χ3v) is 8.43. The highest BCUT2D eigenvalue weighted by atomic mass is 32.2. The van der Waals surface area contributed by atoms with E-state index in [-0.39, 0.29) is 11.5 Å². The van der Waals surface area contributed by atoms with Crippen molar-refractivity contribution in [3.63, 3.8) is 0 Å². The van der Waals surface area contributed by atoms with Gasteiger partial charge in [-0.3, -0.25) is 4.90 Å². The van der Waals surface area contributed by atoms with Crippen molar-refractivity contribution in [2.24, 2.45) is 0 Å². The fourth-order valence-corrected chi connectivity index (χ4v) is 6.61. The fourth-order valence-electron chi connectivity index (χ4n) is 4.03. The molecule has 0 saturated carbocycles. The summed E-state index contributed by atoms with van der Waals surface area (Å²) in [5.74, 6) is 0. The highest BCUT2D eigenvalue weighted by molar-refractivity contribution is 7.91. The van der Waals surface area contributed by atoms with Crippen LogP contribution in [-0.4, -0.2) is 43.8 Å². The highest BCUT2D eigenvalue weighted by Crippen LogP contribution is 2.41. The summed E-state index contributed by atoms with van der Waals surface area (Å²) < 4.78 is 27.9. The molecule has 6 heteroatoms. The van der Waals surface area contributed by atoms with Gasteiger partial charge in [-0.15, -0.1) is 11.3 Å². The summed E-state index contributed by atoms with van der Waals surface area (Å²) in [6, 6.07) is 12.1. The predicted octanol–water partition coefficient (Wildman–Crippen LogP) is 3.09. The number of hydrogen-bond donors (Lipinski definition) is 0. The van der Waals surface area contributed by atoms with Crippen LogP contribution in [0.3, 0.4) is 0 Å². The number of nitrogens with zero attached hydrogens (tertiary/aromatic N) is 2. The van der Waals surface area contributed by atoms with E-state index in [2.05, 4.69) is 43.0 Å². The Kier molecular flexibility index (Phi) is 3.84. The van der Waals surface area contributed by atoms with E-state index in [1.807, 2.05) is 5.38 Å².